The first kappa shape index (κ1) is 16.5. The Morgan fingerprint density at radius 2 is 1.67 bits per heavy atom. The van der Waals surface area contributed by atoms with Crippen molar-refractivity contribution in [2.24, 2.45) is 0 Å². The Hall–Kier alpha value is -1.50. The van der Waals surface area contributed by atoms with E-state index in [9.17, 15) is 0 Å². The van der Waals surface area contributed by atoms with Gasteiger partial charge >= 0.3 is 0 Å². The number of hydrogen-bond donors (Lipinski definition) is 1. The average molecular weight is 250 g/mol. The molecule has 1 rings (SSSR count). The zero-order valence-electron chi connectivity index (χ0n) is 11.2. The molecular formula is C15H22O3. The minimum absolute atomic E-state index is 0.265. The van der Waals surface area contributed by atoms with Gasteiger partial charge in [-0.05, 0) is 17.7 Å². The second kappa shape index (κ2) is 12.0. The van der Waals surface area contributed by atoms with E-state index in [0.717, 1.165) is 5.56 Å². The summed E-state index contributed by atoms with van der Waals surface area (Å²) in [5.74, 6) is 2.77. The van der Waals surface area contributed by atoms with Crippen LogP contribution in [0.15, 0.2) is 24.3 Å². The molecule has 3 nitrogen and oxygen atoms in total. The van der Waals surface area contributed by atoms with Crippen LogP contribution in [-0.2, 0) is 16.1 Å². The highest BCUT2D eigenvalue weighted by atomic mass is 16.5. The summed E-state index contributed by atoms with van der Waals surface area (Å²) in [4.78, 5) is 0. The number of hydrogen-bond acceptors (Lipinski definition) is 3. The maximum atomic E-state index is 9.07. The molecule has 1 aromatic carbocycles. The SMILES string of the molecule is C#CCCOCCOCc1ccc(O)cc1.CC. The first-order valence-corrected chi connectivity index (χ1v) is 6.20. The van der Waals surface area contributed by atoms with Crippen LogP contribution in [-0.4, -0.2) is 24.9 Å². The summed E-state index contributed by atoms with van der Waals surface area (Å²) >= 11 is 0. The number of rotatable bonds is 7. The Bertz CT molecular complexity index is 325. The summed E-state index contributed by atoms with van der Waals surface area (Å²) in [5, 5.41) is 9.07. The van der Waals surface area contributed by atoms with Crippen LogP contribution in [0.25, 0.3) is 0 Å². The fraction of sp³-hybridized carbons (Fsp3) is 0.467. The van der Waals surface area contributed by atoms with Crippen LogP contribution in [0.1, 0.15) is 25.8 Å². The molecule has 100 valence electrons. The molecule has 0 aromatic heterocycles. The number of terminal acetylenes is 1. The minimum Gasteiger partial charge on any atom is -0.508 e. The second-order valence-electron chi connectivity index (χ2n) is 3.29. The van der Waals surface area contributed by atoms with Crippen molar-refractivity contribution >= 4 is 0 Å². The Kier molecular flexibility index (Phi) is 11.0. The highest BCUT2D eigenvalue weighted by Crippen LogP contribution is 2.10. The Morgan fingerprint density at radius 1 is 1.06 bits per heavy atom. The molecule has 0 radical (unpaired) electrons. The predicted octanol–water partition coefficient (Wildman–Crippen LogP) is 2.97. The molecular weight excluding hydrogens is 228 g/mol. The topological polar surface area (TPSA) is 38.7 Å². The van der Waals surface area contributed by atoms with Crippen molar-refractivity contribution in [3.8, 4) is 18.1 Å². The Labute approximate surface area is 110 Å². The highest BCUT2D eigenvalue weighted by molar-refractivity contribution is 5.25. The van der Waals surface area contributed by atoms with Crippen molar-refractivity contribution < 1.29 is 14.6 Å². The number of aromatic hydroxyl groups is 1. The fourth-order valence-corrected chi connectivity index (χ4v) is 1.13. The van der Waals surface area contributed by atoms with Gasteiger partial charge in [0.05, 0.1) is 26.4 Å². The fourth-order valence-electron chi connectivity index (χ4n) is 1.13. The summed E-state index contributed by atoms with van der Waals surface area (Å²) in [5.41, 5.74) is 1.03. The molecule has 18 heavy (non-hydrogen) atoms. The molecule has 0 saturated carbocycles. The lowest BCUT2D eigenvalue weighted by molar-refractivity contribution is 0.0426. The maximum Gasteiger partial charge on any atom is 0.115 e. The van der Waals surface area contributed by atoms with E-state index in [0.29, 0.717) is 32.8 Å². The van der Waals surface area contributed by atoms with Gasteiger partial charge in [-0.15, -0.1) is 12.3 Å². The van der Waals surface area contributed by atoms with Gasteiger partial charge in [0.15, 0.2) is 0 Å². The van der Waals surface area contributed by atoms with Gasteiger partial charge in [-0.1, -0.05) is 26.0 Å². The van der Waals surface area contributed by atoms with Crippen molar-refractivity contribution in [1.82, 2.24) is 0 Å². The van der Waals surface area contributed by atoms with E-state index in [-0.39, 0.29) is 5.75 Å². The lowest BCUT2D eigenvalue weighted by Crippen LogP contribution is -2.04. The highest BCUT2D eigenvalue weighted by Gasteiger charge is 1.94. The van der Waals surface area contributed by atoms with Crippen molar-refractivity contribution in [3.63, 3.8) is 0 Å². The minimum atomic E-state index is 0.265. The van der Waals surface area contributed by atoms with Crippen molar-refractivity contribution in [3.05, 3.63) is 29.8 Å². The third-order valence-corrected chi connectivity index (χ3v) is 1.97. The van der Waals surface area contributed by atoms with Crippen molar-refractivity contribution in [1.29, 1.82) is 0 Å². The number of ether oxygens (including phenoxy) is 2. The summed E-state index contributed by atoms with van der Waals surface area (Å²) in [6, 6.07) is 6.94. The van der Waals surface area contributed by atoms with Gasteiger partial charge in [0, 0.05) is 6.42 Å². The average Bonchev–Trinajstić information content (AvgIpc) is 2.42. The molecule has 0 saturated heterocycles. The maximum absolute atomic E-state index is 9.07. The molecule has 1 aromatic rings. The van der Waals surface area contributed by atoms with Crippen molar-refractivity contribution in [2.45, 2.75) is 26.9 Å². The summed E-state index contributed by atoms with van der Waals surface area (Å²) in [6.45, 7) is 6.21. The molecule has 0 fully saturated rings. The van der Waals surface area contributed by atoms with Crippen LogP contribution in [0.2, 0.25) is 0 Å². The van der Waals surface area contributed by atoms with Gasteiger partial charge in [0.1, 0.15) is 5.75 Å². The van der Waals surface area contributed by atoms with E-state index in [4.69, 9.17) is 21.0 Å². The third-order valence-electron chi connectivity index (χ3n) is 1.97. The van der Waals surface area contributed by atoms with E-state index >= 15 is 0 Å². The van der Waals surface area contributed by atoms with Crippen LogP contribution >= 0.6 is 0 Å². The van der Waals surface area contributed by atoms with Crippen LogP contribution in [0, 0.1) is 12.3 Å². The van der Waals surface area contributed by atoms with Gasteiger partial charge in [-0.25, -0.2) is 0 Å². The van der Waals surface area contributed by atoms with Gasteiger partial charge in [-0.2, -0.15) is 0 Å². The molecule has 0 aliphatic carbocycles. The number of benzene rings is 1. The molecule has 0 heterocycles. The largest absolute Gasteiger partial charge is 0.508 e. The van der Waals surface area contributed by atoms with Crippen LogP contribution in [0.3, 0.4) is 0 Å². The van der Waals surface area contributed by atoms with Gasteiger partial charge in [0.2, 0.25) is 0 Å². The zero-order chi connectivity index (χ0) is 13.6. The van der Waals surface area contributed by atoms with E-state index in [1.165, 1.54) is 0 Å². The molecule has 0 amide bonds. The Morgan fingerprint density at radius 3 is 2.28 bits per heavy atom. The predicted molar refractivity (Wildman–Crippen MR) is 73.4 cm³/mol. The molecule has 1 N–H and O–H groups in total. The zero-order valence-corrected chi connectivity index (χ0v) is 11.2. The lowest BCUT2D eigenvalue weighted by Gasteiger charge is -2.05. The third kappa shape index (κ3) is 8.63. The normalized spacial score (nSPS) is 9.17. The summed E-state index contributed by atoms with van der Waals surface area (Å²) in [6.07, 6.45) is 5.71. The second-order valence-corrected chi connectivity index (χ2v) is 3.29. The molecule has 0 aliphatic rings. The summed E-state index contributed by atoms with van der Waals surface area (Å²) in [7, 11) is 0. The van der Waals surface area contributed by atoms with Crippen LogP contribution < -0.4 is 0 Å². The molecule has 3 heteroatoms. The lowest BCUT2D eigenvalue weighted by atomic mass is 10.2. The smallest absolute Gasteiger partial charge is 0.115 e. The monoisotopic (exact) mass is 250 g/mol. The van der Waals surface area contributed by atoms with E-state index in [1.54, 1.807) is 12.1 Å². The molecule has 0 aliphatic heterocycles. The quantitative estimate of drug-likeness (QED) is 0.597. The van der Waals surface area contributed by atoms with Crippen molar-refractivity contribution in [2.75, 3.05) is 19.8 Å². The molecule has 0 spiro atoms. The Balaban J connectivity index is 0.00000137. The molecule has 0 bridgehead atoms. The molecule has 0 atom stereocenters. The van der Waals surface area contributed by atoms with E-state index in [1.807, 2.05) is 26.0 Å². The standard InChI is InChI=1S/C13H16O3.C2H6/c1-2-3-8-15-9-10-16-11-12-4-6-13(14)7-5-12;1-2/h1,4-7,14H,3,8-11H2;1-2H3. The molecule has 0 unspecified atom stereocenters. The van der Waals surface area contributed by atoms with E-state index in [2.05, 4.69) is 5.92 Å². The van der Waals surface area contributed by atoms with Crippen LogP contribution in [0.4, 0.5) is 0 Å². The van der Waals surface area contributed by atoms with Gasteiger partial charge in [-0.3, -0.25) is 0 Å². The first-order chi connectivity index (χ1) is 8.83. The van der Waals surface area contributed by atoms with Gasteiger partial charge < -0.3 is 14.6 Å². The summed E-state index contributed by atoms with van der Waals surface area (Å²) < 4.78 is 10.6. The van der Waals surface area contributed by atoms with Crippen LogP contribution in [0.5, 0.6) is 5.75 Å². The van der Waals surface area contributed by atoms with E-state index < -0.39 is 0 Å². The number of phenols is 1. The van der Waals surface area contributed by atoms with Gasteiger partial charge in [0.25, 0.3) is 0 Å². The first-order valence-electron chi connectivity index (χ1n) is 6.20. The number of phenolic OH excluding ortho intramolecular Hbond substituents is 1.